The van der Waals surface area contributed by atoms with Crippen molar-refractivity contribution in [3.8, 4) is 0 Å². The van der Waals surface area contributed by atoms with Crippen molar-refractivity contribution in [1.82, 2.24) is 0 Å². The second-order valence-corrected chi connectivity index (χ2v) is 4.51. The third-order valence-corrected chi connectivity index (χ3v) is 3.32. The Kier molecular flexibility index (Phi) is 2.56. The number of hydrogen-bond acceptors (Lipinski definition) is 2. The van der Waals surface area contributed by atoms with Gasteiger partial charge in [-0.05, 0) is 18.1 Å². The molecule has 0 spiro atoms. The molecule has 3 rings (SSSR count). The van der Waals surface area contributed by atoms with Crippen molar-refractivity contribution < 1.29 is 9.53 Å². The highest BCUT2D eigenvalue weighted by Gasteiger charge is 2.34. The number of allylic oxidation sites excluding steroid dienone is 4. The van der Waals surface area contributed by atoms with E-state index in [9.17, 15) is 4.79 Å². The molecule has 86 valence electrons. The quantitative estimate of drug-likeness (QED) is 0.735. The lowest BCUT2D eigenvalue weighted by Gasteiger charge is -2.32. The highest BCUT2D eigenvalue weighted by Crippen LogP contribution is 2.37. The summed E-state index contributed by atoms with van der Waals surface area (Å²) in [4.78, 5) is 12.1. The molecule has 1 fully saturated rings. The summed E-state index contributed by atoms with van der Waals surface area (Å²) in [5.74, 6) is 1.40. The monoisotopic (exact) mass is 226 g/mol. The van der Waals surface area contributed by atoms with Gasteiger partial charge in [-0.25, -0.2) is 0 Å². The summed E-state index contributed by atoms with van der Waals surface area (Å²) < 4.78 is 5.85. The van der Waals surface area contributed by atoms with Crippen LogP contribution in [0.25, 0.3) is 0 Å². The van der Waals surface area contributed by atoms with Gasteiger partial charge >= 0.3 is 0 Å². The van der Waals surface area contributed by atoms with Crippen LogP contribution in [0.2, 0.25) is 0 Å². The van der Waals surface area contributed by atoms with Crippen LogP contribution in [0.3, 0.4) is 0 Å². The van der Waals surface area contributed by atoms with Crippen LogP contribution >= 0.6 is 0 Å². The zero-order valence-corrected chi connectivity index (χ0v) is 9.50. The number of ether oxygens (including phenoxy) is 1. The number of fused-ring (bicyclic) bond motifs is 1. The van der Waals surface area contributed by atoms with E-state index in [1.54, 1.807) is 0 Å². The van der Waals surface area contributed by atoms with E-state index in [0.29, 0.717) is 6.42 Å². The van der Waals surface area contributed by atoms with Crippen LogP contribution < -0.4 is 0 Å². The first-order chi connectivity index (χ1) is 8.34. The molecule has 1 aliphatic heterocycles. The van der Waals surface area contributed by atoms with Crippen molar-refractivity contribution in [2.24, 2.45) is 5.92 Å². The molecule has 1 aromatic rings. The summed E-state index contributed by atoms with van der Waals surface area (Å²) in [6.07, 6.45) is 7.17. The minimum atomic E-state index is -0.412. The van der Waals surface area contributed by atoms with Crippen molar-refractivity contribution in [3.63, 3.8) is 0 Å². The standard InChI is InChI=1S/C15H14O2/c16-13-10-12-8-4-5-9-14(12)17-15(13)11-6-2-1-3-7-11/h1-7,9,12,15H,8,10H2. The van der Waals surface area contributed by atoms with E-state index in [1.165, 1.54) is 0 Å². The molecule has 1 heterocycles. The second-order valence-electron chi connectivity index (χ2n) is 4.51. The Morgan fingerprint density at radius 1 is 1.18 bits per heavy atom. The first kappa shape index (κ1) is 10.3. The molecule has 0 bridgehead atoms. The van der Waals surface area contributed by atoms with Crippen LogP contribution in [0.1, 0.15) is 24.5 Å². The van der Waals surface area contributed by atoms with Gasteiger partial charge in [0.15, 0.2) is 11.9 Å². The number of ketones is 1. The Hall–Kier alpha value is -1.83. The van der Waals surface area contributed by atoms with Gasteiger partial charge in [0.2, 0.25) is 0 Å². The van der Waals surface area contributed by atoms with Gasteiger partial charge in [-0.1, -0.05) is 42.5 Å². The molecule has 0 saturated carbocycles. The van der Waals surface area contributed by atoms with Crippen molar-refractivity contribution in [3.05, 3.63) is 59.9 Å². The topological polar surface area (TPSA) is 26.3 Å². The van der Waals surface area contributed by atoms with Crippen LogP contribution in [0, 0.1) is 5.92 Å². The Morgan fingerprint density at radius 3 is 2.82 bits per heavy atom. The van der Waals surface area contributed by atoms with Crippen molar-refractivity contribution in [2.75, 3.05) is 0 Å². The van der Waals surface area contributed by atoms with E-state index in [2.05, 4.69) is 6.08 Å². The average Bonchev–Trinajstić information content (AvgIpc) is 2.39. The summed E-state index contributed by atoms with van der Waals surface area (Å²) in [5, 5.41) is 0. The number of carbonyl (C=O) groups excluding carboxylic acids is 1. The highest BCUT2D eigenvalue weighted by molar-refractivity contribution is 5.86. The van der Waals surface area contributed by atoms with Gasteiger partial charge in [0.05, 0.1) is 0 Å². The zero-order chi connectivity index (χ0) is 11.7. The normalized spacial score (nSPS) is 27.1. The largest absolute Gasteiger partial charge is 0.482 e. The fourth-order valence-corrected chi connectivity index (χ4v) is 2.41. The van der Waals surface area contributed by atoms with Gasteiger partial charge in [-0.15, -0.1) is 0 Å². The van der Waals surface area contributed by atoms with E-state index in [1.807, 2.05) is 42.5 Å². The summed E-state index contributed by atoms with van der Waals surface area (Å²) in [6.45, 7) is 0. The SMILES string of the molecule is O=C1CC2CC=CC=C2OC1c1ccccc1. The lowest BCUT2D eigenvalue weighted by molar-refractivity contribution is -0.134. The predicted molar refractivity (Wildman–Crippen MR) is 65.2 cm³/mol. The molecule has 2 unspecified atom stereocenters. The van der Waals surface area contributed by atoms with Gasteiger partial charge in [0.1, 0.15) is 5.76 Å². The molecule has 1 aliphatic carbocycles. The molecule has 0 N–H and O–H groups in total. The average molecular weight is 226 g/mol. The molecule has 0 aromatic heterocycles. The van der Waals surface area contributed by atoms with E-state index < -0.39 is 6.10 Å². The smallest absolute Gasteiger partial charge is 0.181 e. The van der Waals surface area contributed by atoms with E-state index in [-0.39, 0.29) is 11.7 Å². The minimum absolute atomic E-state index is 0.189. The molecule has 0 radical (unpaired) electrons. The number of hydrogen-bond donors (Lipinski definition) is 0. The van der Waals surface area contributed by atoms with Crippen molar-refractivity contribution in [2.45, 2.75) is 18.9 Å². The third kappa shape index (κ3) is 1.91. The van der Waals surface area contributed by atoms with Crippen LogP contribution in [-0.2, 0) is 9.53 Å². The van der Waals surface area contributed by atoms with Gasteiger partial charge in [-0.3, -0.25) is 4.79 Å². The van der Waals surface area contributed by atoms with Gasteiger partial charge in [-0.2, -0.15) is 0 Å². The Morgan fingerprint density at radius 2 is 2.00 bits per heavy atom. The van der Waals surface area contributed by atoms with Crippen LogP contribution in [0.15, 0.2) is 54.3 Å². The Labute approximate surface area is 101 Å². The Bertz CT molecular complexity index is 485. The molecule has 17 heavy (non-hydrogen) atoms. The number of rotatable bonds is 1. The second kappa shape index (κ2) is 4.21. The fraction of sp³-hybridized carbons (Fsp3) is 0.267. The third-order valence-electron chi connectivity index (χ3n) is 3.32. The van der Waals surface area contributed by atoms with E-state index in [4.69, 9.17) is 4.74 Å². The maximum Gasteiger partial charge on any atom is 0.181 e. The lowest BCUT2D eigenvalue weighted by Crippen LogP contribution is -2.28. The highest BCUT2D eigenvalue weighted by atomic mass is 16.5. The zero-order valence-electron chi connectivity index (χ0n) is 9.50. The van der Waals surface area contributed by atoms with E-state index >= 15 is 0 Å². The van der Waals surface area contributed by atoms with Crippen LogP contribution in [0.5, 0.6) is 0 Å². The molecule has 0 amide bonds. The number of benzene rings is 1. The molecule has 1 saturated heterocycles. The van der Waals surface area contributed by atoms with Crippen molar-refractivity contribution in [1.29, 1.82) is 0 Å². The van der Waals surface area contributed by atoms with Gasteiger partial charge < -0.3 is 4.74 Å². The van der Waals surface area contributed by atoms with E-state index in [0.717, 1.165) is 17.7 Å². The van der Waals surface area contributed by atoms with Crippen LogP contribution in [-0.4, -0.2) is 5.78 Å². The summed E-state index contributed by atoms with van der Waals surface area (Å²) in [7, 11) is 0. The van der Waals surface area contributed by atoms with Gasteiger partial charge in [0.25, 0.3) is 0 Å². The predicted octanol–water partition coefficient (Wildman–Crippen LogP) is 3.18. The van der Waals surface area contributed by atoms with Crippen molar-refractivity contribution >= 4 is 5.78 Å². The summed E-state index contributed by atoms with van der Waals surface area (Å²) in [5.41, 5.74) is 0.950. The first-order valence-corrected chi connectivity index (χ1v) is 5.95. The maximum atomic E-state index is 12.1. The molecule has 2 atom stereocenters. The van der Waals surface area contributed by atoms with Crippen LogP contribution in [0.4, 0.5) is 0 Å². The molecular weight excluding hydrogens is 212 g/mol. The molecule has 2 aliphatic rings. The lowest BCUT2D eigenvalue weighted by atomic mass is 9.87. The molecule has 2 heteroatoms. The summed E-state index contributed by atoms with van der Waals surface area (Å²) in [6, 6.07) is 9.72. The molecule has 1 aromatic carbocycles. The number of Topliss-reactive ketones (excluding diaryl/α,β-unsaturated/α-hetero) is 1. The fourth-order valence-electron chi connectivity index (χ4n) is 2.41. The van der Waals surface area contributed by atoms with Gasteiger partial charge in [0, 0.05) is 12.3 Å². The number of carbonyl (C=O) groups is 1. The first-order valence-electron chi connectivity index (χ1n) is 5.95. The molecular formula is C15H14O2. The summed E-state index contributed by atoms with van der Waals surface area (Å²) >= 11 is 0. The minimum Gasteiger partial charge on any atom is -0.482 e. The molecule has 2 nitrogen and oxygen atoms in total. The Balaban J connectivity index is 1.89. The maximum absolute atomic E-state index is 12.1.